The summed E-state index contributed by atoms with van der Waals surface area (Å²) in [4.78, 5) is 30.2. The maximum absolute atomic E-state index is 12.3. The summed E-state index contributed by atoms with van der Waals surface area (Å²) in [5, 5.41) is 18.5. The van der Waals surface area contributed by atoms with Gasteiger partial charge in [-0.25, -0.2) is 4.98 Å². The van der Waals surface area contributed by atoms with Gasteiger partial charge in [-0.15, -0.1) is 21.5 Å². The maximum atomic E-state index is 12.3. The lowest BCUT2D eigenvalue weighted by molar-refractivity contribution is 0.103. The number of fused-ring (bicyclic) bond motifs is 1. The van der Waals surface area contributed by atoms with Crippen molar-refractivity contribution in [3.8, 4) is 0 Å². The Labute approximate surface area is 174 Å². The number of anilines is 1. The van der Waals surface area contributed by atoms with Gasteiger partial charge < -0.3 is 0 Å². The van der Waals surface area contributed by atoms with Crippen molar-refractivity contribution < 1.29 is 4.79 Å². The number of nitrogens with zero attached hydrogens (tertiary/aromatic N) is 5. The van der Waals surface area contributed by atoms with Crippen LogP contribution in [0.1, 0.15) is 39.1 Å². The van der Waals surface area contributed by atoms with Crippen LogP contribution in [0.2, 0.25) is 0 Å². The van der Waals surface area contributed by atoms with Crippen LogP contribution >= 0.6 is 45.8 Å². The van der Waals surface area contributed by atoms with Gasteiger partial charge in [0.15, 0.2) is 4.34 Å². The quantitative estimate of drug-likeness (QED) is 0.356. The molecule has 28 heavy (non-hydrogen) atoms. The van der Waals surface area contributed by atoms with Crippen LogP contribution in [0.5, 0.6) is 0 Å². The minimum absolute atomic E-state index is 0.162. The molecule has 142 valence electrons. The van der Waals surface area contributed by atoms with Crippen LogP contribution in [-0.2, 0) is 5.75 Å². The molecule has 4 aromatic heterocycles. The van der Waals surface area contributed by atoms with E-state index in [1.807, 2.05) is 11.4 Å². The fourth-order valence-electron chi connectivity index (χ4n) is 2.46. The number of hydrogen-bond acceptors (Lipinski definition) is 10. The van der Waals surface area contributed by atoms with E-state index >= 15 is 0 Å². The average molecular weight is 449 g/mol. The zero-order valence-electron chi connectivity index (χ0n) is 14.2. The third kappa shape index (κ3) is 3.72. The first-order valence-electron chi connectivity index (χ1n) is 8.36. The number of thiophene rings is 1. The summed E-state index contributed by atoms with van der Waals surface area (Å²) < 4.78 is 2.08. The predicted molar refractivity (Wildman–Crippen MR) is 111 cm³/mol. The minimum Gasteiger partial charge on any atom is -0.296 e. The number of amides is 1. The third-order valence-electron chi connectivity index (χ3n) is 3.96. The standard InChI is InChI=1S/C16H12N6O2S4/c23-11-6-9(17-15-22(11)21-13(27-15)8-3-4-8)7-26-16-20-19-14(28-16)18-12(24)10-2-1-5-25-10/h1-2,5-6,8H,3-4,7H2,(H,18,19,24). The van der Waals surface area contributed by atoms with Crippen LogP contribution in [0.3, 0.4) is 0 Å². The molecule has 4 heterocycles. The van der Waals surface area contributed by atoms with Gasteiger partial charge >= 0.3 is 0 Å². The summed E-state index contributed by atoms with van der Waals surface area (Å²) in [6.45, 7) is 0. The van der Waals surface area contributed by atoms with E-state index < -0.39 is 0 Å². The Bertz CT molecular complexity index is 1210. The molecular formula is C16H12N6O2S4. The van der Waals surface area contributed by atoms with Crippen molar-refractivity contribution in [1.82, 2.24) is 24.8 Å². The zero-order chi connectivity index (χ0) is 19.1. The first-order valence-corrected chi connectivity index (χ1v) is 11.9. The van der Waals surface area contributed by atoms with Crippen molar-refractivity contribution in [1.29, 1.82) is 0 Å². The van der Waals surface area contributed by atoms with Gasteiger partial charge in [0.2, 0.25) is 10.1 Å². The number of nitrogens with one attached hydrogen (secondary N) is 1. The molecule has 0 aromatic carbocycles. The van der Waals surface area contributed by atoms with Gasteiger partial charge in [0.05, 0.1) is 10.6 Å². The third-order valence-corrected chi connectivity index (χ3v) is 7.90. The molecule has 1 aliphatic rings. The molecule has 1 aliphatic carbocycles. The van der Waals surface area contributed by atoms with Crippen molar-refractivity contribution in [3.05, 3.63) is 49.5 Å². The molecule has 0 radical (unpaired) electrons. The van der Waals surface area contributed by atoms with E-state index in [2.05, 4.69) is 25.6 Å². The topological polar surface area (TPSA) is 102 Å². The smallest absolute Gasteiger partial charge is 0.275 e. The Morgan fingerprint density at radius 2 is 2.21 bits per heavy atom. The molecule has 0 unspecified atom stereocenters. The Kier molecular flexibility index (Phi) is 4.70. The summed E-state index contributed by atoms with van der Waals surface area (Å²) >= 11 is 5.58. The van der Waals surface area contributed by atoms with E-state index in [0.29, 0.717) is 36.7 Å². The normalized spacial score (nSPS) is 13.9. The highest BCUT2D eigenvalue weighted by molar-refractivity contribution is 8.00. The fourth-order valence-corrected chi connectivity index (χ4v) is 5.81. The molecule has 5 rings (SSSR count). The second kappa shape index (κ2) is 7.35. The molecule has 0 aliphatic heterocycles. The van der Waals surface area contributed by atoms with Crippen LogP contribution in [-0.4, -0.2) is 30.7 Å². The number of hydrogen-bond donors (Lipinski definition) is 1. The molecule has 0 spiro atoms. The van der Waals surface area contributed by atoms with Crippen LogP contribution in [0.25, 0.3) is 4.96 Å². The zero-order valence-corrected chi connectivity index (χ0v) is 17.5. The van der Waals surface area contributed by atoms with E-state index in [4.69, 9.17) is 0 Å². The lowest BCUT2D eigenvalue weighted by Gasteiger charge is -1.98. The van der Waals surface area contributed by atoms with Gasteiger partial charge in [-0.1, -0.05) is 40.5 Å². The second-order valence-corrected chi connectivity index (χ2v) is 10.2. The summed E-state index contributed by atoms with van der Waals surface area (Å²) in [7, 11) is 0. The first kappa shape index (κ1) is 17.9. The molecule has 8 nitrogen and oxygen atoms in total. The van der Waals surface area contributed by atoms with Gasteiger partial charge in [0.1, 0.15) is 5.01 Å². The highest BCUT2D eigenvalue weighted by Gasteiger charge is 2.28. The Balaban J connectivity index is 1.27. The van der Waals surface area contributed by atoms with Gasteiger partial charge in [0.25, 0.3) is 11.5 Å². The second-order valence-electron chi connectivity index (χ2n) is 6.09. The maximum Gasteiger partial charge on any atom is 0.275 e. The van der Waals surface area contributed by atoms with Gasteiger partial charge in [-0.2, -0.15) is 9.61 Å². The van der Waals surface area contributed by atoms with Crippen LogP contribution < -0.4 is 10.9 Å². The van der Waals surface area contributed by atoms with E-state index in [9.17, 15) is 9.59 Å². The molecule has 4 aromatic rings. The molecule has 12 heteroatoms. The van der Waals surface area contributed by atoms with E-state index in [-0.39, 0.29) is 11.5 Å². The molecule has 1 amide bonds. The summed E-state index contributed by atoms with van der Waals surface area (Å²) in [6.07, 6.45) is 2.28. The van der Waals surface area contributed by atoms with Crippen LogP contribution in [0.4, 0.5) is 5.13 Å². The highest BCUT2D eigenvalue weighted by Crippen LogP contribution is 2.41. The highest BCUT2D eigenvalue weighted by atomic mass is 32.2. The van der Waals surface area contributed by atoms with Crippen molar-refractivity contribution >= 4 is 61.8 Å². The molecule has 0 saturated heterocycles. The summed E-state index contributed by atoms with van der Waals surface area (Å²) in [6, 6.07) is 5.09. The Hall–Kier alpha value is -2.15. The Morgan fingerprint density at radius 1 is 1.32 bits per heavy atom. The van der Waals surface area contributed by atoms with E-state index in [1.165, 1.54) is 56.4 Å². The van der Waals surface area contributed by atoms with Gasteiger partial charge in [0, 0.05) is 17.7 Å². The summed E-state index contributed by atoms with van der Waals surface area (Å²) in [5.74, 6) is 0.795. The van der Waals surface area contributed by atoms with E-state index in [1.54, 1.807) is 6.07 Å². The van der Waals surface area contributed by atoms with Crippen molar-refractivity contribution in [3.63, 3.8) is 0 Å². The SMILES string of the molecule is O=C(Nc1nnc(SCc2cc(=O)n3nc(C4CC4)sc3n2)s1)c1cccs1. The number of carbonyl (C=O) groups excluding carboxylic acids is 1. The molecule has 1 saturated carbocycles. The fraction of sp³-hybridized carbons (Fsp3) is 0.250. The van der Waals surface area contributed by atoms with E-state index in [0.717, 1.165) is 17.8 Å². The summed E-state index contributed by atoms with van der Waals surface area (Å²) in [5.41, 5.74) is 0.519. The molecule has 0 atom stereocenters. The first-order chi connectivity index (χ1) is 13.7. The number of carbonyl (C=O) groups is 1. The Morgan fingerprint density at radius 3 is 3.00 bits per heavy atom. The van der Waals surface area contributed by atoms with Crippen molar-refractivity contribution in [2.24, 2.45) is 0 Å². The predicted octanol–water partition coefficient (Wildman–Crippen LogP) is 3.49. The minimum atomic E-state index is -0.195. The van der Waals surface area contributed by atoms with Crippen LogP contribution in [0, 0.1) is 0 Å². The average Bonchev–Trinajstić information content (AvgIpc) is 3.10. The molecule has 1 fully saturated rings. The van der Waals surface area contributed by atoms with Crippen molar-refractivity contribution in [2.45, 2.75) is 28.9 Å². The molecular weight excluding hydrogens is 436 g/mol. The molecule has 0 bridgehead atoms. The number of thioether (sulfide) groups is 1. The lowest BCUT2D eigenvalue weighted by atomic mass is 10.4. The van der Waals surface area contributed by atoms with Crippen molar-refractivity contribution in [2.75, 3.05) is 5.32 Å². The monoisotopic (exact) mass is 448 g/mol. The van der Waals surface area contributed by atoms with Crippen LogP contribution in [0.15, 0.2) is 32.7 Å². The van der Waals surface area contributed by atoms with Gasteiger partial charge in [-0.3, -0.25) is 14.9 Å². The van der Waals surface area contributed by atoms with Gasteiger partial charge in [-0.05, 0) is 24.3 Å². The largest absolute Gasteiger partial charge is 0.296 e. The number of rotatable bonds is 6. The molecule has 1 N–H and O–H groups in total. The lowest BCUT2D eigenvalue weighted by Crippen LogP contribution is -2.15. The number of aromatic nitrogens is 5.